The number of hydrogen-bond acceptors (Lipinski definition) is 4. The topological polar surface area (TPSA) is 79.6 Å². The van der Waals surface area contributed by atoms with Crippen LogP contribution in [0.15, 0.2) is 45.7 Å². The Bertz CT molecular complexity index is 846. The summed E-state index contributed by atoms with van der Waals surface area (Å²) in [7, 11) is -2.26. The minimum Gasteiger partial charge on any atom is -0.464 e. The summed E-state index contributed by atoms with van der Waals surface area (Å²) in [6.07, 6.45) is 0.556. The first-order valence-electron chi connectivity index (χ1n) is 8.28. The largest absolute Gasteiger partial charge is 0.464 e. The second-order valence-electron chi connectivity index (χ2n) is 6.12. The summed E-state index contributed by atoms with van der Waals surface area (Å²) in [5.74, 6) is 0.767. The Morgan fingerprint density at radius 1 is 1.23 bits per heavy atom. The van der Waals surface area contributed by atoms with E-state index >= 15 is 0 Å². The van der Waals surface area contributed by atoms with Crippen LogP contribution in [0.1, 0.15) is 37.3 Å². The quantitative estimate of drug-likeness (QED) is 0.761. The summed E-state index contributed by atoms with van der Waals surface area (Å²) < 4.78 is 44.3. The van der Waals surface area contributed by atoms with Crippen LogP contribution in [-0.2, 0) is 14.8 Å². The fourth-order valence-electron chi connectivity index (χ4n) is 2.44. The number of nitrogens with zero attached hydrogens (tertiary/aromatic N) is 1. The number of benzene rings is 1. The summed E-state index contributed by atoms with van der Waals surface area (Å²) in [6, 6.07) is 8.04. The molecule has 0 saturated carbocycles. The van der Waals surface area contributed by atoms with E-state index in [4.69, 9.17) is 4.42 Å². The molecule has 6 nitrogen and oxygen atoms in total. The number of halogens is 1. The zero-order valence-electron chi connectivity index (χ0n) is 15.0. The number of carbonyl (C=O) groups excluding carboxylic acids is 1. The highest BCUT2D eigenvalue weighted by molar-refractivity contribution is 7.89. The summed E-state index contributed by atoms with van der Waals surface area (Å²) in [5, 5.41) is 2.82. The third kappa shape index (κ3) is 5.15. The van der Waals surface area contributed by atoms with Crippen molar-refractivity contribution in [1.29, 1.82) is 0 Å². The van der Waals surface area contributed by atoms with Crippen LogP contribution in [0.25, 0.3) is 0 Å². The monoisotopic (exact) mass is 382 g/mol. The van der Waals surface area contributed by atoms with Crippen molar-refractivity contribution in [2.45, 2.75) is 37.6 Å². The van der Waals surface area contributed by atoms with Gasteiger partial charge in [-0.1, -0.05) is 0 Å². The molecule has 26 heavy (non-hydrogen) atoms. The van der Waals surface area contributed by atoms with Gasteiger partial charge in [0.05, 0.1) is 10.9 Å². The Labute approximate surface area is 153 Å². The maximum absolute atomic E-state index is 12.9. The number of amides is 1. The Balaban J connectivity index is 1.82. The van der Waals surface area contributed by atoms with Gasteiger partial charge in [0.2, 0.25) is 15.9 Å². The first-order chi connectivity index (χ1) is 12.2. The maximum Gasteiger partial charge on any atom is 0.242 e. The lowest BCUT2D eigenvalue weighted by Gasteiger charge is -2.17. The second-order valence-corrected chi connectivity index (χ2v) is 8.17. The fourth-order valence-corrected chi connectivity index (χ4v) is 3.65. The average Bonchev–Trinajstić information content (AvgIpc) is 3.01. The van der Waals surface area contributed by atoms with Gasteiger partial charge in [-0.05, 0) is 56.7 Å². The van der Waals surface area contributed by atoms with Crippen LogP contribution in [0.4, 0.5) is 4.39 Å². The molecule has 1 aromatic carbocycles. The average molecular weight is 382 g/mol. The van der Waals surface area contributed by atoms with Gasteiger partial charge in [-0.2, -0.15) is 0 Å². The van der Waals surface area contributed by atoms with E-state index < -0.39 is 15.8 Å². The number of rotatable bonds is 8. The van der Waals surface area contributed by atoms with Crippen molar-refractivity contribution < 1.29 is 22.0 Å². The van der Waals surface area contributed by atoms with Gasteiger partial charge in [-0.3, -0.25) is 4.79 Å². The number of aryl methyl sites for hydroxylation is 1. The van der Waals surface area contributed by atoms with E-state index in [0.717, 1.165) is 22.2 Å². The molecule has 0 radical (unpaired) electrons. The molecule has 0 bridgehead atoms. The molecule has 8 heteroatoms. The van der Waals surface area contributed by atoms with E-state index in [-0.39, 0.29) is 29.8 Å². The molecule has 0 aliphatic heterocycles. The van der Waals surface area contributed by atoms with Crippen molar-refractivity contribution in [2.24, 2.45) is 0 Å². The summed E-state index contributed by atoms with van der Waals surface area (Å²) in [4.78, 5) is 12.0. The van der Waals surface area contributed by atoms with Crippen LogP contribution in [0, 0.1) is 12.7 Å². The lowest BCUT2D eigenvalue weighted by Crippen LogP contribution is -2.30. The van der Waals surface area contributed by atoms with Crippen LogP contribution >= 0.6 is 0 Å². The summed E-state index contributed by atoms with van der Waals surface area (Å²) in [5.41, 5.74) is 0. The van der Waals surface area contributed by atoms with Crippen molar-refractivity contribution in [3.63, 3.8) is 0 Å². The summed E-state index contributed by atoms with van der Waals surface area (Å²) >= 11 is 0. The molecule has 1 heterocycles. The molecule has 0 aliphatic carbocycles. The highest BCUT2D eigenvalue weighted by Crippen LogP contribution is 2.17. The van der Waals surface area contributed by atoms with E-state index in [1.54, 1.807) is 0 Å². The van der Waals surface area contributed by atoms with Gasteiger partial charge in [0.15, 0.2) is 0 Å². The van der Waals surface area contributed by atoms with Gasteiger partial charge in [0.1, 0.15) is 17.3 Å². The van der Waals surface area contributed by atoms with Gasteiger partial charge in [0, 0.05) is 20.0 Å². The summed E-state index contributed by atoms with van der Waals surface area (Å²) in [6.45, 7) is 3.83. The van der Waals surface area contributed by atoms with Crippen LogP contribution in [0.5, 0.6) is 0 Å². The lowest BCUT2D eigenvalue weighted by atomic mass is 10.2. The van der Waals surface area contributed by atoms with Crippen molar-refractivity contribution >= 4 is 15.9 Å². The highest BCUT2D eigenvalue weighted by Gasteiger charge is 2.21. The molecular formula is C18H23FN2O4S. The number of furan rings is 1. The number of sulfonamides is 1. The maximum atomic E-state index is 12.9. The van der Waals surface area contributed by atoms with Crippen LogP contribution in [0.2, 0.25) is 0 Å². The minimum absolute atomic E-state index is 0.0210. The van der Waals surface area contributed by atoms with Gasteiger partial charge in [-0.15, -0.1) is 0 Å². The Morgan fingerprint density at radius 3 is 2.46 bits per heavy atom. The molecule has 1 N–H and O–H groups in total. The zero-order valence-corrected chi connectivity index (χ0v) is 15.8. The molecule has 1 amide bonds. The van der Waals surface area contributed by atoms with Gasteiger partial charge < -0.3 is 9.73 Å². The number of hydrogen-bond donors (Lipinski definition) is 1. The number of carbonyl (C=O) groups is 1. The zero-order chi connectivity index (χ0) is 19.3. The van der Waals surface area contributed by atoms with E-state index in [2.05, 4.69) is 5.32 Å². The smallest absolute Gasteiger partial charge is 0.242 e. The van der Waals surface area contributed by atoms with Crippen molar-refractivity contribution in [2.75, 3.05) is 13.6 Å². The van der Waals surface area contributed by atoms with Crippen molar-refractivity contribution in [3.8, 4) is 0 Å². The van der Waals surface area contributed by atoms with E-state index in [9.17, 15) is 17.6 Å². The van der Waals surface area contributed by atoms with E-state index in [0.29, 0.717) is 12.2 Å². The molecule has 0 spiro atoms. The molecule has 0 saturated heterocycles. The van der Waals surface area contributed by atoms with Crippen molar-refractivity contribution in [3.05, 3.63) is 53.7 Å². The van der Waals surface area contributed by atoms with E-state index in [1.165, 1.54) is 19.2 Å². The Hall–Kier alpha value is -2.19. The third-order valence-electron chi connectivity index (χ3n) is 3.96. The SMILES string of the molecule is Cc1ccc(C(C)NC(=O)CCCN(C)S(=O)(=O)c2ccc(F)cc2)o1. The second kappa shape index (κ2) is 8.46. The fraction of sp³-hybridized carbons (Fsp3) is 0.389. The minimum atomic E-state index is -3.70. The van der Waals surface area contributed by atoms with Gasteiger partial charge in [-0.25, -0.2) is 17.1 Å². The van der Waals surface area contributed by atoms with Crippen LogP contribution < -0.4 is 5.32 Å². The van der Waals surface area contributed by atoms with Crippen LogP contribution in [-0.4, -0.2) is 32.2 Å². The molecule has 0 aliphatic rings. The molecule has 1 unspecified atom stereocenters. The first kappa shape index (κ1) is 20.1. The normalized spacial score (nSPS) is 13.0. The lowest BCUT2D eigenvalue weighted by molar-refractivity contribution is -0.122. The first-order valence-corrected chi connectivity index (χ1v) is 9.72. The molecule has 142 valence electrons. The van der Waals surface area contributed by atoms with Gasteiger partial charge in [0.25, 0.3) is 0 Å². The Kier molecular flexibility index (Phi) is 6.55. The Morgan fingerprint density at radius 2 is 1.88 bits per heavy atom. The molecule has 2 aromatic rings. The molecule has 1 atom stereocenters. The van der Waals surface area contributed by atoms with E-state index in [1.807, 2.05) is 26.0 Å². The third-order valence-corrected chi connectivity index (χ3v) is 5.84. The molecule has 1 aromatic heterocycles. The highest BCUT2D eigenvalue weighted by atomic mass is 32.2. The molecular weight excluding hydrogens is 359 g/mol. The predicted molar refractivity (Wildman–Crippen MR) is 95.5 cm³/mol. The standard InChI is InChI=1S/C18H23FN2O4S/c1-13-6-11-17(25-13)14(2)20-18(22)5-4-12-21(3)26(23,24)16-9-7-15(19)8-10-16/h6-11,14H,4-5,12H2,1-3H3,(H,20,22). The molecule has 2 rings (SSSR count). The van der Waals surface area contributed by atoms with Gasteiger partial charge >= 0.3 is 0 Å². The van der Waals surface area contributed by atoms with Crippen molar-refractivity contribution in [1.82, 2.24) is 9.62 Å². The van der Waals surface area contributed by atoms with Crippen LogP contribution in [0.3, 0.4) is 0 Å². The molecule has 0 fully saturated rings. The number of nitrogens with one attached hydrogen (secondary N) is 1. The predicted octanol–water partition coefficient (Wildman–Crippen LogP) is 3.01.